The van der Waals surface area contributed by atoms with E-state index in [0.717, 1.165) is 17.7 Å². The van der Waals surface area contributed by atoms with E-state index >= 15 is 0 Å². The van der Waals surface area contributed by atoms with Crippen LogP contribution in [-0.2, 0) is 6.42 Å². The van der Waals surface area contributed by atoms with Crippen molar-refractivity contribution in [3.05, 3.63) is 53.6 Å². The zero-order chi connectivity index (χ0) is 17.5. The Hall–Kier alpha value is -2.41. The maximum Gasteiger partial charge on any atom is 0.170 e. The third kappa shape index (κ3) is 4.79. The lowest BCUT2D eigenvalue weighted by Gasteiger charge is -2.12. The number of thiocarbonyl (C=S) groups is 1. The third-order valence-electron chi connectivity index (χ3n) is 3.32. The molecule has 0 atom stereocenters. The Morgan fingerprint density at radius 1 is 1.00 bits per heavy atom. The fourth-order valence-electron chi connectivity index (χ4n) is 2.11. The maximum atomic E-state index is 13.1. The first-order chi connectivity index (χ1) is 11.5. The normalized spacial score (nSPS) is 10.2. The molecule has 7 heteroatoms. The Morgan fingerprint density at radius 2 is 1.75 bits per heavy atom. The van der Waals surface area contributed by atoms with Crippen LogP contribution in [0.25, 0.3) is 0 Å². The molecule has 2 rings (SSSR count). The molecule has 0 amide bonds. The summed E-state index contributed by atoms with van der Waals surface area (Å²) >= 11 is 5.13. The summed E-state index contributed by atoms with van der Waals surface area (Å²) in [6, 6.07) is 9.19. The molecule has 0 saturated heterocycles. The molecular weight excluding hydrogens is 334 g/mol. The summed E-state index contributed by atoms with van der Waals surface area (Å²) < 4.78 is 36.5. The molecule has 0 aromatic heterocycles. The maximum absolute atomic E-state index is 13.1. The highest BCUT2D eigenvalue weighted by molar-refractivity contribution is 7.80. The Bertz CT molecular complexity index is 726. The lowest BCUT2D eigenvalue weighted by Crippen LogP contribution is -2.30. The van der Waals surface area contributed by atoms with E-state index in [0.29, 0.717) is 35.3 Å². The molecule has 0 radical (unpaired) electrons. The average Bonchev–Trinajstić information content (AvgIpc) is 2.58. The van der Waals surface area contributed by atoms with Gasteiger partial charge in [-0.15, -0.1) is 0 Å². The van der Waals surface area contributed by atoms with Crippen LogP contribution in [0.1, 0.15) is 5.56 Å². The molecule has 0 fully saturated rings. The molecule has 0 spiro atoms. The van der Waals surface area contributed by atoms with E-state index in [1.165, 1.54) is 6.07 Å². The van der Waals surface area contributed by atoms with Crippen molar-refractivity contribution in [3.8, 4) is 11.5 Å². The number of methoxy groups -OCH3 is 2. The summed E-state index contributed by atoms with van der Waals surface area (Å²) in [5, 5.41) is 6.15. The van der Waals surface area contributed by atoms with Crippen molar-refractivity contribution in [1.82, 2.24) is 5.32 Å². The SMILES string of the molecule is COc1ccc(CCNC(=S)Nc2ccc(F)c(F)c2)cc1OC. The van der Waals surface area contributed by atoms with E-state index in [1.807, 2.05) is 18.2 Å². The number of ether oxygens (including phenoxy) is 2. The first kappa shape index (κ1) is 17.9. The molecule has 2 aromatic carbocycles. The summed E-state index contributed by atoms with van der Waals surface area (Å²) in [4.78, 5) is 0. The van der Waals surface area contributed by atoms with Crippen LogP contribution in [0.5, 0.6) is 11.5 Å². The lowest BCUT2D eigenvalue weighted by molar-refractivity contribution is 0.354. The van der Waals surface area contributed by atoms with E-state index in [-0.39, 0.29) is 0 Å². The summed E-state index contributed by atoms with van der Waals surface area (Å²) in [6.45, 7) is 0.574. The van der Waals surface area contributed by atoms with E-state index in [4.69, 9.17) is 21.7 Å². The highest BCUT2D eigenvalue weighted by Crippen LogP contribution is 2.27. The minimum atomic E-state index is -0.923. The molecule has 0 aliphatic heterocycles. The molecule has 0 unspecified atom stereocenters. The van der Waals surface area contributed by atoms with Crippen molar-refractivity contribution in [3.63, 3.8) is 0 Å². The quantitative estimate of drug-likeness (QED) is 0.779. The Balaban J connectivity index is 1.85. The monoisotopic (exact) mass is 352 g/mol. The molecule has 24 heavy (non-hydrogen) atoms. The number of anilines is 1. The average molecular weight is 352 g/mol. The fraction of sp³-hybridized carbons (Fsp3) is 0.235. The second kappa shape index (κ2) is 8.44. The molecule has 0 heterocycles. The third-order valence-corrected chi connectivity index (χ3v) is 3.57. The van der Waals surface area contributed by atoms with Crippen molar-refractivity contribution in [1.29, 1.82) is 0 Å². The van der Waals surface area contributed by atoms with Gasteiger partial charge in [-0.3, -0.25) is 0 Å². The number of benzene rings is 2. The van der Waals surface area contributed by atoms with Crippen LogP contribution in [0, 0.1) is 11.6 Å². The van der Waals surface area contributed by atoms with Crippen molar-refractivity contribution in [2.24, 2.45) is 0 Å². The van der Waals surface area contributed by atoms with Crippen LogP contribution in [0.15, 0.2) is 36.4 Å². The Morgan fingerprint density at radius 3 is 2.42 bits per heavy atom. The van der Waals surface area contributed by atoms with E-state index < -0.39 is 11.6 Å². The molecular formula is C17H18F2N2O2S. The van der Waals surface area contributed by atoms with Gasteiger partial charge in [-0.2, -0.15) is 0 Å². The molecule has 0 aliphatic rings. The van der Waals surface area contributed by atoms with Gasteiger partial charge in [0, 0.05) is 18.3 Å². The van der Waals surface area contributed by atoms with E-state index in [9.17, 15) is 8.78 Å². The summed E-state index contributed by atoms with van der Waals surface area (Å²) in [6.07, 6.45) is 0.708. The zero-order valence-electron chi connectivity index (χ0n) is 13.4. The van der Waals surface area contributed by atoms with Crippen molar-refractivity contribution in [2.75, 3.05) is 26.1 Å². The lowest BCUT2D eigenvalue weighted by atomic mass is 10.1. The first-order valence-corrected chi connectivity index (χ1v) is 7.65. The van der Waals surface area contributed by atoms with Crippen LogP contribution in [0.3, 0.4) is 0 Å². The van der Waals surface area contributed by atoms with Gasteiger partial charge in [0.1, 0.15) is 0 Å². The van der Waals surface area contributed by atoms with Gasteiger partial charge in [0.25, 0.3) is 0 Å². The summed E-state index contributed by atoms with van der Waals surface area (Å²) in [7, 11) is 3.17. The van der Waals surface area contributed by atoms with Gasteiger partial charge in [-0.1, -0.05) is 6.07 Å². The highest BCUT2D eigenvalue weighted by Gasteiger charge is 2.06. The van der Waals surface area contributed by atoms with Gasteiger partial charge in [-0.25, -0.2) is 8.78 Å². The Kier molecular flexibility index (Phi) is 6.31. The number of nitrogens with one attached hydrogen (secondary N) is 2. The van der Waals surface area contributed by atoms with Crippen molar-refractivity contribution >= 4 is 23.0 Å². The van der Waals surface area contributed by atoms with Crippen LogP contribution < -0.4 is 20.1 Å². The van der Waals surface area contributed by atoms with Gasteiger partial charge in [-0.05, 0) is 48.5 Å². The van der Waals surface area contributed by atoms with E-state index in [2.05, 4.69) is 10.6 Å². The molecule has 0 aliphatic carbocycles. The largest absolute Gasteiger partial charge is 0.493 e. The fourth-order valence-corrected chi connectivity index (χ4v) is 2.33. The van der Waals surface area contributed by atoms with Crippen LogP contribution in [0.4, 0.5) is 14.5 Å². The van der Waals surface area contributed by atoms with Gasteiger partial charge >= 0.3 is 0 Å². The first-order valence-electron chi connectivity index (χ1n) is 7.24. The molecule has 2 aromatic rings. The predicted octanol–water partition coefficient (Wildman–Crippen LogP) is 3.51. The predicted molar refractivity (Wildman–Crippen MR) is 93.8 cm³/mol. The van der Waals surface area contributed by atoms with Gasteiger partial charge in [0.05, 0.1) is 14.2 Å². The topological polar surface area (TPSA) is 42.5 Å². The number of hydrogen-bond acceptors (Lipinski definition) is 3. The Labute approximate surface area is 144 Å². The van der Waals surface area contributed by atoms with Crippen LogP contribution in [-0.4, -0.2) is 25.9 Å². The standard InChI is InChI=1S/C17H18F2N2O2S/c1-22-15-6-3-11(9-16(15)23-2)7-8-20-17(24)21-12-4-5-13(18)14(19)10-12/h3-6,9-10H,7-8H2,1-2H3,(H2,20,21,24). The molecule has 0 saturated carbocycles. The molecule has 128 valence electrons. The van der Waals surface area contributed by atoms with Gasteiger partial charge in [0.15, 0.2) is 28.2 Å². The molecule has 0 bridgehead atoms. The minimum absolute atomic E-state index is 0.335. The van der Waals surface area contributed by atoms with Crippen LogP contribution >= 0.6 is 12.2 Å². The van der Waals surface area contributed by atoms with Gasteiger partial charge < -0.3 is 20.1 Å². The number of rotatable bonds is 6. The zero-order valence-corrected chi connectivity index (χ0v) is 14.2. The van der Waals surface area contributed by atoms with Gasteiger partial charge in [0.2, 0.25) is 0 Å². The number of hydrogen-bond donors (Lipinski definition) is 2. The van der Waals surface area contributed by atoms with Crippen molar-refractivity contribution in [2.45, 2.75) is 6.42 Å². The molecule has 2 N–H and O–H groups in total. The second-order valence-corrected chi connectivity index (χ2v) is 5.36. The smallest absolute Gasteiger partial charge is 0.170 e. The summed E-state index contributed by atoms with van der Waals surface area (Å²) in [5.41, 5.74) is 1.44. The minimum Gasteiger partial charge on any atom is -0.493 e. The summed E-state index contributed by atoms with van der Waals surface area (Å²) in [5.74, 6) is -0.483. The van der Waals surface area contributed by atoms with Crippen molar-refractivity contribution < 1.29 is 18.3 Å². The molecule has 4 nitrogen and oxygen atoms in total. The van der Waals surface area contributed by atoms with E-state index in [1.54, 1.807) is 14.2 Å². The highest BCUT2D eigenvalue weighted by atomic mass is 32.1. The van der Waals surface area contributed by atoms with Crippen LogP contribution in [0.2, 0.25) is 0 Å². The number of halogens is 2. The second-order valence-electron chi connectivity index (χ2n) is 4.95.